The van der Waals surface area contributed by atoms with E-state index in [4.69, 9.17) is 4.99 Å². The van der Waals surface area contributed by atoms with Crippen LogP contribution >= 0.6 is 11.3 Å². The maximum Gasteiger partial charge on any atom is 0.0821 e. The van der Waals surface area contributed by atoms with Crippen LogP contribution in [0.25, 0.3) is 85.9 Å². The predicted molar refractivity (Wildman–Crippen MR) is 272 cm³/mol. The van der Waals surface area contributed by atoms with E-state index in [1.807, 2.05) is 11.3 Å². The molecule has 11 aromatic rings. The molecule has 0 bridgehead atoms. The first kappa shape index (κ1) is 37.7. The summed E-state index contributed by atoms with van der Waals surface area (Å²) in [5.74, 6) is 0.323. The molecule has 2 nitrogen and oxygen atoms in total. The topological polar surface area (TPSA) is 17.3 Å². The van der Waals surface area contributed by atoms with Crippen LogP contribution in [-0.2, 0) is 0 Å². The Kier molecular flexibility index (Phi) is 9.19. The third-order valence-corrected chi connectivity index (χ3v) is 14.8. The van der Waals surface area contributed by atoms with E-state index < -0.39 is 0 Å². The molecule has 12 rings (SSSR count). The summed E-state index contributed by atoms with van der Waals surface area (Å²) in [4.78, 5) is 6.15. The number of benzene rings is 9. The van der Waals surface area contributed by atoms with Crippen molar-refractivity contribution in [3.05, 3.63) is 217 Å². The zero-order chi connectivity index (χ0) is 42.0. The average molecular weight is 827 g/mol. The molecule has 3 atom stereocenters. The van der Waals surface area contributed by atoms with E-state index in [1.165, 1.54) is 108 Å². The van der Waals surface area contributed by atoms with Crippen LogP contribution in [0, 0.1) is 11.8 Å². The first-order valence-corrected chi connectivity index (χ1v) is 23.2. The highest BCUT2D eigenvalue weighted by Gasteiger charge is 2.31. The highest BCUT2D eigenvalue weighted by molar-refractivity contribution is 7.25. The van der Waals surface area contributed by atoms with Crippen LogP contribution < -0.4 is 0 Å². The van der Waals surface area contributed by atoms with Crippen LogP contribution in [0.3, 0.4) is 0 Å². The van der Waals surface area contributed by atoms with Gasteiger partial charge in [0, 0.05) is 59.7 Å². The van der Waals surface area contributed by atoms with Gasteiger partial charge in [0.2, 0.25) is 0 Å². The van der Waals surface area contributed by atoms with Crippen LogP contribution in [-0.4, -0.2) is 10.3 Å². The molecule has 3 heteroatoms. The molecular formula is C60H46N2S. The van der Waals surface area contributed by atoms with Crippen molar-refractivity contribution in [2.75, 3.05) is 0 Å². The molecular weight excluding hydrogens is 781 g/mol. The van der Waals surface area contributed by atoms with E-state index in [-0.39, 0.29) is 17.9 Å². The molecule has 0 fully saturated rings. The zero-order valence-corrected chi connectivity index (χ0v) is 36.3. The van der Waals surface area contributed by atoms with Gasteiger partial charge in [-0.2, -0.15) is 0 Å². The SMILES string of the molecule is CCC1/C(c2ccc3ccccc3c2)=C/CC(C)/C(c2cc(-n3c4ccccc4c4cc5ccccc5cc43)cc3sc4ccccc4c23)=N\C1c1ccc(-c2ccccc2)cc1. The second-order valence-electron chi connectivity index (χ2n) is 17.4. The molecule has 0 N–H and O–H groups in total. The lowest BCUT2D eigenvalue weighted by molar-refractivity contribution is 0.514. The van der Waals surface area contributed by atoms with Crippen molar-refractivity contribution in [1.82, 2.24) is 4.57 Å². The Morgan fingerprint density at radius 3 is 1.98 bits per heavy atom. The summed E-state index contributed by atoms with van der Waals surface area (Å²) in [5.41, 5.74) is 12.4. The quantitative estimate of drug-likeness (QED) is 0.159. The number of hydrogen-bond donors (Lipinski definition) is 0. The van der Waals surface area contributed by atoms with Crippen molar-refractivity contribution in [3.63, 3.8) is 0 Å². The maximum absolute atomic E-state index is 6.15. The zero-order valence-electron chi connectivity index (χ0n) is 35.5. The molecule has 2 aromatic heterocycles. The molecule has 9 aromatic carbocycles. The summed E-state index contributed by atoms with van der Waals surface area (Å²) in [7, 11) is 0. The largest absolute Gasteiger partial charge is 0.309 e. The Hall–Kier alpha value is -7.07. The summed E-state index contributed by atoms with van der Waals surface area (Å²) >= 11 is 1.90. The molecule has 0 amide bonds. The van der Waals surface area contributed by atoms with E-state index in [2.05, 4.69) is 219 Å². The molecule has 0 radical (unpaired) electrons. The fourth-order valence-electron chi connectivity index (χ4n) is 10.5. The van der Waals surface area contributed by atoms with Gasteiger partial charge in [-0.1, -0.05) is 172 Å². The minimum Gasteiger partial charge on any atom is -0.309 e. The van der Waals surface area contributed by atoms with Crippen molar-refractivity contribution in [2.24, 2.45) is 16.8 Å². The monoisotopic (exact) mass is 826 g/mol. The first-order valence-electron chi connectivity index (χ1n) is 22.4. The number of nitrogens with zero attached hydrogens (tertiary/aromatic N) is 2. The molecule has 0 aliphatic carbocycles. The number of para-hydroxylation sites is 1. The molecule has 1 aliphatic heterocycles. The summed E-state index contributed by atoms with van der Waals surface area (Å²) in [5, 5.41) is 10.2. The van der Waals surface area contributed by atoms with E-state index in [1.54, 1.807) is 0 Å². The predicted octanol–water partition coefficient (Wildman–Crippen LogP) is 16.8. The van der Waals surface area contributed by atoms with Crippen molar-refractivity contribution in [1.29, 1.82) is 0 Å². The van der Waals surface area contributed by atoms with Crippen LogP contribution in [0.4, 0.5) is 0 Å². The standard InChI is InChI=1S/C60H46N2S/c1-3-48-49(46-31-28-40-17-7-8-18-43(40)33-46)32-25-38(2)59(61-60(48)42-29-26-41(27-30-42)39-15-5-4-6-16-39)53-36-47(37-57-58(53)51-22-12-14-24-56(51)63-57)62-54-23-13-11-21-50(54)52-34-44-19-9-10-20-45(44)35-55(52)62/h4-24,26-38,48,60H,3,25H2,1-2H3/b49-32+,61-59+. The number of allylic oxidation sites excluding steroid dienone is 1. The minimum atomic E-state index is -0.0986. The third-order valence-electron chi connectivity index (χ3n) is 13.6. The van der Waals surface area contributed by atoms with Crippen LogP contribution in [0.1, 0.15) is 49.4 Å². The van der Waals surface area contributed by atoms with Gasteiger partial charge >= 0.3 is 0 Å². The van der Waals surface area contributed by atoms with Crippen LogP contribution in [0.2, 0.25) is 0 Å². The lowest BCUT2D eigenvalue weighted by Crippen LogP contribution is -2.22. The Morgan fingerprint density at radius 2 is 1.19 bits per heavy atom. The van der Waals surface area contributed by atoms with Crippen molar-refractivity contribution in [3.8, 4) is 16.8 Å². The summed E-state index contributed by atoms with van der Waals surface area (Å²) in [6, 6.07) is 71.9. The molecule has 3 heterocycles. The number of thiophene rings is 1. The lowest BCUT2D eigenvalue weighted by Gasteiger charge is -2.32. The molecule has 63 heavy (non-hydrogen) atoms. The molecule has 1 aliphatic rings. The first-order chi connectivity index (χ1) is 31.1. The smallest absolute Gasteiger partial charge is 0.0821 e. The number of rotatable bonds is 6. The average Bonchev–Trinajstić information content (AvgIpc) is 3.87. The molecule has 0 spiro atoms. The van der Waals surface area contributed by atoms with Crippen molar-refractivity contribution in [2.45, 2.75) is 32.7 Å². The number of hydrogen-bond acceptors (Lipinski definition) is 2. The van der Waals surface area contributed by atoms with Gasteiger partial charge in [0.25, 0.3) is 0 Å². The third kappa shape index (κ3) is 6.41. The molecule has 0 saturated heterocycles. The van der Waals surface area contributed by atoms with Gasteiger partial charge in [-0.3, -0.25) is 4.99 Å². The van der Waals surface area contributed by atoms with Crippen molar-refractivity contribution >= 4 is 86.1 Å². The van der Waals surface area contributed by atoms with E-state index in [0.717, 1.165) is 12.8 Å². The Balaban J connectivity index is 1.11. The second-order valence-corrected chi connectivity index (χ2v) is 18.4. The van der Waals surface area contributed by atoms with Crippen LogP contribution in [0.15, 0.2) is 205 Å². The van der Waals surface area contributed by atoms with Crippen LogP contribution in [0.5, 0.6) is 0 Å². The Labute approximate surface area is 372 Å². The number of fused-ring (bicyclic) bond motifs is 8. The summed E-state index contributed by atoms with van der Waals surface area (Å²) in [6.07, 6.45) is 4.42. The summed E-state index contributed by atoms with van der Waals surface area (Å²) < 4.78 is 5.09. The number of aliphatic imine (C=N–C) groups is 1. The second kappa shape index (κ2) is 15.4. The van der Waals surface area contributed by atoms with Gasteiger partial charge in [0.05, 0.1) is 17.1 Å². The van der Waals surface area contributed by atoms with Gasteiger partial charge < -0.3 is 4.57 Å². The highest BCUT2D eigenvalue weighted by atomic mass is 32.1. The molecule has 3 unspecified atom stereocenters. The van der Waals surface area contributed by atoms with Crippen molar-refractivity contribution < 1.29 is 0 Å². The Bertz CT molecular complexity index is 3600. The highest BCUT2D eigenvalue weighted by Crippen LogP contribution is 2.46. The fourth-order valence-corrected chi connectivity index (χ4v) is 11.7. The van der Waals surface area contributed by atoms with Gasteiger partial charge in [0.15, 0.2) is 0 Å². The minimum absolute atomic E-state index is 0.0986. The summed E-state index contributed by atoms with van der Waals surface area (Å²) in [6.45, 7) is 4.75. The maximum atomic E-state index is 6.15. The normalized spacial score (nSPS) is 18.7. The number of aromatic nitrogens is 1. The van der Waals surface area contributed by atoms with Gasteiger partial charge in [0.1, 0.15) is 0 Å². The lowest BCUT2D eigenvalue weighted by atomic mass is 9.78. The van der Waals surface area contributed by atoms with Gasteiger partial charge in [-0.25, -0.2) is 0 Å². The van der Waals surface area contributed by atoms with E-state index in [0.29, 0.717) is 0 Å². The van der Waals surface area contributed by atoms with Gasteiger partial charge in [-0.15, -0.1) is 11.3 Å². The molecule has 0 saturated carbocycles. The Morgan fingerprint density at radius 1 is 0.540 bits per heavy atom. The molecule has 302 valence electrons. The van der Waals surface area contributed by atoms with Gasteiger partial charge in [-0.05, 0) is 105 Å². The van der Waals surface area contributed by atoms with E-state index in [9.17, 15) is 0 Å². The fraction of sp³-hybridized carbons (Fsp3) is 0.117. The van der Waals surface area contributed by atoms with E-state index >= 15 is 0 Å².